The zero-order valence-electron chi connectivity index (χ0n) is 10.1. The van der Waals surface area contributed by atoms with Crippen LogP contribution in [0.4, 0.5) is 13.2 Å². The van der Waals surface area contributed by atoms with E-state index in [-0.39, 0.29) is 13.1 Å². The molecule has 0 aliphatic carbocycles. The SMILES string of the molecule is Cc1cnn(CCNC(=O)C(C)(N)C(F)(F)F)c1. The highest BCUT2D eigenvalue weighted by molar-refractivity contribution is 5.86. The summed E-state index contributed by atoms with van der Waals surface area (Å²) in [5, 5.41) is 6.08. The monoisotopic (exact) mass is 264 g/mol. The predicted molar refractivity (Wildman–Crippen MR) is 58.6 cm³/mol. The lowest BCUT2D eigenvalue weighted by atomic mass is 10.0. The van der Waals surface area contributed by atoms with Gasteiger partial charge in [-0.2, -0.15) is 18.3 Å². The van der Waals surface area contributed by atoms with E-state index in [0.717, 1.165) is 5.56 Å². The van der Waals surface area contributed by atoms with Crippen LogP contribution in [-0.4, -0.2) is 33.9 Å². The molecule has 1 aromatic heterocycles. The average molecular weight is 264 g/mol. The van der Waals surface area contributed by atoms with E-state index in [2.05, 4.69) is 10.4 Å². The number of nitrogens with zero attached hydrogens (tertiary/aromatic N) is 2. The molecular weight excluding hydrogens is 249 g/mol. The predicted octanol–water partition coefficient (Wildman–Crippen LogP) is 0.587. The largest absolute Gasteiger partial charge is 0.415 e. The van der Waals surface area contributed by atoms with Crippen molar-refractivity contribution in [3.63, 3.8) is 0 Å². The van der Waals surface area contributed by atoms with Crippen molar-refractivity contribution >= 4 is 5.91 Å². The molecule has 102 valence electrons. The van der Waals surface area contributed by atoms with Gasteiger partial charge in [-0.15, -0.1) is 0 Å². The minimum Gasteiger partial charge on any atom is -0.352 e. The molecule has 0 fully saturated rings. The fourth-order valence-corrected chi connectivity index (χ4v) is 1.19. The number of amides is 1. The summed E-state index contributed by atoms with van der Waals surface area (Å²) < 4.78 is 38.8. The van der Waals surface area contributed by atoms with Crippen molar-refractivity contribution in [3.8, 4) is 0 Å². The maximum absolute atomic E-state index is 12.4. The van der Waals surface area contributed by atoms with Gasteiger partial charge in [0.25, 0.3) is 0 Å². The molecule has 0 aliphatic heterocycles. The normalized spacial score (nSPS) is 15.2. The molecule has 1 atom stereocenters. The first kappa shape index (κ1) is 14.5. The second-order valence-electron chi connectivity index (χ2n) is 4.24. The number of nitrogens with two attached hydrogens (primary N) is 1. The molecule has 1 heterocycles. The summed E-state index contributed by atoms with van der Waals surface area (Å²) >= 11 is 0. The van der Waals surface area contributed by atoms with Crippen LogP contribution in [0.2, 0.25) is 0 Å². The zero-order chi connectivity index (χ0) is 14.0. The van der Waals surface area contributed by atoms with Gasteiger partial charge < -0.3 is 11.1 Å². The molecular formula is C10H15F3N4O. The van der Waals surface area contributed by atoms with Gasteiger partial charge in [0.1, 0.15) is 0 Å². The number of rotatable bonds is 4. The van der Waals surface area contributed by atoms with E-state index in [9.17, 15) is 18.0 Å². The Balaban J connectivity index is 2.47. The molecule has 3 N–H and O–H groups in total. The molecule has 0 saturated carbocycles. The molecule has 8 heteroatoms. The van der Waals surface area contributed by atoms with Gasteiger partial charge in [-0.1, -0.05) is 0 Å². The lowest BCUT2D eigenvalue weighted by molar-refractivity contribution is -0.187. The first-order valence-corrected chi connectivity index (χ1v) is 5.27. The highest BCUT2D eigenvalue weighted by Crippen LogP contribution is 2.27. The maximum Gasteiger partial charge on any atom is 0.415 e. The van der Waals surface area contributed by atoms with Gasteiger partial charge in [0.15, 0.2) is 5.54 Å². The number of hydrogen-bond acceptors (Lipinski definition) is 3. The van der Waals surface area contributed by atoms with Crippen molar-refractivity contribution in [2.75, 3.05) is 6.54 Å². The molecule has 0 saturated heterocycles. The van der Waals surface area contributed by atoms with Crippen LogP contribution in [0.3, 0.4) is 0 Å². The highest BCUT2D eigenvalue weighted by Gasteiger charge is 2.53. The molecule has 5 nitrogen and oxygen atoms in total. The third-order valence-electron chi connectivity index (χ3n) is 2.45. The van der Waals surface area contributed by atoms with E-state index >= 15 is 0 Å². The molecule has 0 aromatic carbocycles. The highest BCUT2D eigenvalue weighted by atomic mass is 19.4. The second kappa shape index (κ2) is 4.97. The van der Waals surface area contributed by atoms with E-state index < -0.39 is 17.6 Å². The van der Waals surface area contributed by atoms with Gasteiger partial charge in [-0.25, -0.2) is 0 Å². The number of aromatic nitrogens is 2. The summed E-state index contributed by atoms with van der Waals surface area (Å²) in [5.74, 6) is -1.25. The van der Waals surface area contributed by atoms with E-state index in [0.29, 0.717) is 6.92 Å². The topological polar surface area (TPSA) is 72.9 Å². The van der Waals surface area contributed by atoms with E-state index in [4.69, 9.17) is 5.73 Å². The van der Waals surface area contributed by atoms with Crippen molar-refractivity contribution in [2.45, 2.75) is 32.1 Å². The quantitative estimate of drug-likeness (QED) is 0.835. The van der Waals surface area contributed by atoms with Crippen molar-refractivity contribution in [1.29, 1.82) is 0 Å². The van der Waals surface area contributed by atoms with Crippen LogP contribution >= 0.6 is 0 Å². The fraction of sp³-hybridized carbons (Fsp3) is 0.600. The molecule has 1 aromatic rings. The number of carbonyl (C=O) groups excluding carboxylic acids is 1. The number of carbonyl (C=O) groups is 1. The maximum atomic E-state index is 12.4. The van der Waals surface area contributed by atoms with Crippen molar-refractivity contribution in [2.24, 2.45) is 5.73 Å². The fourth-order valence-electron chi connectivity index (χ4n) is 1.19. The van der Waals surface area contributed by atoms with Gasteiger partial charge in [0.05, 0.1) is 12.7 Å². The number of aryl methyl sites for hydroxylation is 1. The average Bonchev–Trinajstić information content (AvgIpc) is 2.62. The minimum atomic E-state index is -4.78. The Hall–Kier alpha value is -1.57. The summed E-state index contributed by atoms with van der Waals surface area (Å²) in [7, 11) is 0. The first-order valence-electron chi connectivity index (χ1n) is 5.27. The molecule has 18 heavy (non-hydrogen) atoms. The summed E-state index contributed by atoms with van der Waals surface area (Å²) in [5.41, 5.74) is 3.01. The summed E-state index contributed by atoms with van der Waals surface area (Å²) in [6, 6.07) is 0. The van der Waals surface area contributed by atoms with Gasteiger partial charge in [-0.3, -0.25) is 9.48 Å². The van der Waals surface area contributed by atoms with Crippen LogP contribution in [0, 0.1) is 6.92 Å². The van der Waals surface area contributed by atoms with E-state index in [1.165, 1.54) is 4.68 Å². The molecule has 1 amide bonds. The number of nitrogens with one attached hydrogen (secondary N) is 1. The van der Waals surface area contributed by atoms with Crippen LogP contribution in [0.1, 0.15) is 12.5 Å². The van der Waals surface area contributed by atoms with Crippen molar-refractivity contribution in [1.82, 2.24) is 15.1 Å². The van der Waals surface area contributed by atoms with Crippen LogP contribution in [0.5, 0.6) is 0 Å². The van der Waals surface area contributed by atoms with E-state index in [1.54, 1.807) is 12.4 Å². The zero-order valence-corrected chi connectivity index (χ0v) is 10.1. The minimum absolute atomic E-state index is 0.0306. The molecule has 0 spiro atoms. The Labute approximate surface area is 102 Å². The molecule has 1 rings (SSSR count). The summed E-state index contributed by atoms with van der Waals surface area (Å²) in [4.78, 5) is 11.3. The molecule has 0 bridgehead atoms. The van der Waals surface area contributed by atoms with Gasteiger partial charge >= 0.3 is 6.18 Å². The Bertz CT molecular complexity index is 425. The summed E-state index contributed by atoms with van der Waals surface area (Å²) in [6.45, 7) is 2.79. The third kappa shape index (κ3) is 3.22. The van der Waals surface area contributed by atoms with Crippen molar-refractivity contribution in [3.05, 3.63) is 18.0 Å². The number of halogens is 3. The second-order valence-corrected chi connectivity index (χ2v) is 4.24. The first-order chi connectivity index (χ1) is 8.14. The van der Waals surface area contributed by atoms with Gasteiger partial charge in [-0.05, 0) is 19.4 Å². The van der Waals surface area contributed by atoms with E-state index in [1.807, 2.05) is 6.92 Å². The summed E-state index contributed by atoms with van der Waals surface area (Å²) in [6.07, 6.45) is -1.44. The third-order valence-corrected chi connectivity index (χ3v) is 2.45. The van der Waals surface area contributed by atoms with Crippen molar-refractivity contribution < 1.29 is 18.0 Å². The Kier molecular flexibility index (Phi) is 4.00. The lowest BCUT2D eigenvalue weighted by Gasteiger charge is -2.26. The van der Waals surface area contributed by atoms with Crippen LogP contribution < -0.4 is 11.1 Å². The van der Waals surface area contributed by atoms with Gasteiger partial charge in [0, 0.05) is 12.7 Å². The Morgan fingerprint density at radius 1 is 1.56 bits per heavy atom. The lowest BCUT2D eigenvalue weighted by Crippen LogP contribution is -2.61. The molecule has 1 unspecified atom stereocenters. The molecule has 0 radical (unpaired) electrons. The smallest absolute Gasteiger partial charge is 0.352 e. The number of hydrogen-bond donors (Lipinski definition) is 2. The molecule has 0 aliphatic rings. The number of alkyl halides is 3. The van der Waals surface area contributed by atoms with Crippen LogP contribution in [-0.2, 0) is 11.3 Å². The Morgan fingerprint density at radius 3 is 2.61 bits per heavy atom. The Morgan fingerprint density at radius 2 is 2.17 bits per heavy atom. The standard InChI is InChI=1S/C10H15F3N4O/c1-7-5-16-17(6-7)4-3-15-8(18)9(2,14)10(11,12)13/h5-6H,3-4,14H2,1-2H3,(H,15,18). The van der Waals surface area contributed by atoms with Crippen LogP contribution in [0.15, 0.2) is 12.4 Å². The van der Waals surface area contributed by atoms with Gasteiger partial charge in [0.2, 0.25) is 5.91 Å². The van der Waals surface area contributed by atoms with Crippen LogP contribution in [0.25, 0.3) is 0 Å².